The third-order valence-electron chi connectivity index (χ3n) is 4.88. The van der Waals surface area contributed by atoms with Crippen molar-refractivity contribution in [3.63, 3.8) is 0 Å². The second kappa shape index (κ2) is 7.19. The zero-order valence-electron chi connectivity index (χ0n) is 14.9. The lowest BCUT2D eigenvalue weighted by Crippen LogP contribution is -2.54. The lowest BCUT2D eigenvalue weighted by Gasteiger charge is -2.38. The smallest absolute Gasteiger partial charge is 0.348 e. The van der Waals surface area contributed by atoms with Crippen molar-refractivity contribution in [2.24, 2.45) is 0 Å². The van der Waals surface area contributed by atoms with Gasteiger partial charge in [-0.05, 0) is 26.0 Å². The predicted molar refractivity (Wildman–Crippen MR) is 92.9 cm³/mol. The van der Waals surface area contributed by atoms with Gasteiger partial charge < -0.3 is 19.3 Å². The van der Waals surface area contributed by atoms with Crippen molar-refractivity contribution in [1.29, 1.82) is 0 Å². The maximum Gasteiger partial charge on any atom is 0.348 e. The number of carboxylic acids is 1. The van der Waals surface area contributed by atoms with Gasteiger partial charge in [0.2, 0.25) is 11.5 Å². The number of piperidine rings is 1. The standard InChI is InChI=1S/C19H22N2O5/c1-13-16(14(2)26-20-13)12-17(22)21-10-8-19(9-11-21,18(23)24)25-15-6-4-3-5-7-15/h3-7H,8-12H2,1-2H3,(H,23,24). The summed E-state index contributed by atoms with van der Waals surface area (Å²) in [7, 11) is 0. The highest BCUT2D eigenvalue weighted by Crippen LogP contribution is 2.29. The first kappa shape index (κ1) is 18.0. The molecule has 1 N–H and O–H groups in total. The van der Waals surface area contributed by atoms with Crippen LogP contribution in [0.3, 0.4) is 0 Å². The van der Waals surface area contributed by atoms with Crippen molar-refractivity contribution in [2.45, 2.75) is 38.7 Å². The van der Waals surface area contributed by atoms with Gasteiger partial charge in [-0.15, -0.1) is 0 Å². The van der Waals surface area contributed by atoms with Crippen molar-refractivity contribution in [3.05, 3.63) is 47.3 Å². The Balaban J connectivity index is 1.66. The largest absolute Gasteiger partial charge is 0.478 e. The fourth-order valence-electron chi connectivity index (χ4n) is 3.21. The number of hydrogen-bond acceptors (Lipinski definition) is 5. The molecule has 1 amide bonds. The average molecular weight is 358 g/mol. The normalized spacial score (nSPS) is 16.3. The lowest BCUT2D eigenvalue weighted by atomic mass is 9.90. The van der Waals surface area contributed by atoms with Crippen molar-refractivity contribution in [3.8, 4) is 5.75 Å². The van der Waals surface area contributed by atoms with E-state index in [9.17, 15) is 14.7 Å². The van der Waals surface area contributed by atoms with E-state index in [1.165, 1.54) is 0 Å². The molecular formula is C19H22N2O5. The number of amides is 1. The number of aliphatic carboxylic acids is 1. The van der Waals surface area contributed by atoms with Crippen LogP contribution in [0.1, 0.15) is 29.9 Å². The molecule has 1 aromatic heterocycles. The van der Waals surface area contributed by atoms with Crippen LogP contribution in [0.15, 0.2) is 34.9 Å². The zero-order chi connectivity index (χ0) is 18.7. The minimum absolute atomic E-state index is 0.0573. The molecule has 3 rings (SSSR count). The van der Waals surface area contributed by atoms with Crippen LogP contribution in [0.5, 0.6) is 5.75 Å². The molecule has 0 radical (unpaired) electrons. The highest BCUT2D eigenvalue weighted by atomic mass is 16.5. The highest BCUT2D eigenvalue weighted by Gasteiger charge is 2.45. The monoisotopic (exact) mass is 358 g/mol. The zero-order valence-corrected chi connectivity index (χ0v) is 14.9. The Morgan fingerprint density at radius 3 is 2.42 bits per heavy atom. The summed E-state index contributed by atoms with van der Waals surface area (Å²) >= 11 is 0. The molecule has 0 bridgehead atoms. The number of para-hydroxylation sites is 1. The molecule has 7 heteroatoms. The van der Waals surface area contributed by atoms with Crippen LogP contribution in [0, 0.1) is 13.8 Å². The number of benzene rings is 1. The topological polar surface area (TPSA) is 92.9 Å². The first-order valence-electron chi connectivity index (χ1n) is 8.58. The summed E-state index contributed by atoms with van der Waals surface area (Å²) in [4.78, 5) is 26.1. The Labute approximate surface area is 151 Å². The van der Waals surface area contributed by atoms with E-state index in [2.05, 4.69) is 5.16 Å². The number of ether oxygens (including phenoxy) is 1. The molecule has 7 nitrogen and oxygen atoms in total. The second-order valence-electron chi connectivity index (χ2n) is 6.57. The number of hydrogen-bond donors (Lipinski definition) is 1. The summed E-state index contributed by atoms with van der Waals surface area (Å²) in [5, 5.41) is 13.6. The van der Waals surface area contributed by atoms with Crippen LogP contribution in [0.25, 0.3) is 0 Å². The second-order valence-corrected chi connectivity index (χ2v) is 6.57. The summed E-state index contributed by atoms with van der Waals surface area (Å²) < 4.78 is 10.9. The van der Waals surface area contributed by atoms with Crippen LogP contribution >= 0.6 is 0 Å². The molecule has 0 spiro atoms. The Bertz CT molecular complexity index is 772. The fraction of sp³-hybridized carbons (Fsp3) is 0.421. The molecular weight excluding hydrogens is 336 g/mol. The summed E-state index contributed by atoms with van der Waals surface area (Å²) in [6.45, 7) is 4.25. The van der Waals surface area contributed by atoms with Crippen molar-refractivity contribution >= 4 is 11.9 Å². The Morgan fingerprint density at radius 2 is 1.88 bits per heavy atom. The summed E-state index contributed by atoms with van der Waals surface area (Å²) in [5.41, 5.74) is 0.201. The van der Waals surface area contributed by atoms with E-state index in [1.807, 2.05) is 6.07 Å². The quantitative estimate of drug-likeness (QED) is 0.882. The summed E-state index contributed by atoms with van der Waals surface area (Å²) in [6.07, 6.45) is 0.690. The molecule has 0 atom stereocenters. The third kappa shape index (κ3) is 3.56. The number of aromatic nitrogens is 1. The van der Waals surface area contributed by atoms with Gasteiger partial charge >= 0.3 is 5.97 Å². The van der Waals surface area contributed by atoms with Crippen LogP contribution in [-0.2, 0) is 16.0 Å². The Morgan fingerprint density at radius 1 is 1.23 bits per heavy atom. The predicted octanol–water partition coefficient (Wildman–Crippen LogP) is 2.36. The van der Waals surface area contributed by atoms with Gasteiger partial charge in [-0.2, -0.15) is 0 Å². The molecule has 0 saturated carbocycles. The number of carbonyl (C=O) groups is 2. The van der Waals surface area contributed by atoms with Crippen molar-refractivity contribution in [1.82, 2.24) is 10.1 Å². The van der Waals surface area contributed by atoms with Gasteiger partial charge in [0.15, 0.2) is 0 Å². The minimum atomic E-state index is -1.30. The molecule has 0 unspecified atom stereocenters. The Hall–Kier alpha value is -2.83. The number of likely N-dealkylation sites (tertiary alicyclic amines) is 1. The fourth-order valence-corrected chi connectivity index (χ4v) is 3.21. The van der Waals surface area contributed by atoms with Gasteiger partial charge in [0.1, 0.15) is 11.5 Å². The van der Waals surface area contributed by atoms with Gasteiger partial charge in [0, 0.05) is 31.5 Å². The van der Waals surface area contributed by atoms with Gasteiger partial charge in [-0.3, -0.25) is 4.79 Å². The highest BCUT2D eigenvalue weighted by molar-refractivity contribution is 5.81. The first-order chi connectivity index (χ1) is 12.4. The Kier molecular flexibility index (Phi) is 4.97. The SMILES string of the molecule is Cc1noc(C)c1CC(=O)N1CCC(Oc2ccccc2)(C(=O)O)CC1. The molecule has 138 valence electrons. The molecule has 1 aromatic carbocycles. The maximum atomic E-state index is 12.6. The molecule has 1 saturated heterocycles. The molecule has 1 aliphatic heterocycles. The minimum Gasteiger partial charge on any atom is -0.478 e. The van der Waals surface area contributed by atoms with Gasteiger partial charge in [-0.25, -0.2) is 4.79 Å². The number of carbonyl (C=O) groups excluding carboxylic acids is 1. The van der Waals surface area contributed by atoms with Gasteiger partial charge in [-0.1, -0.05) is 23.4 Å². The molecule has 2 aromatic rings. The van der Waals surface area contributed by atoms with E-state index in [0.717, 1.165) is 5.56 Å². The molecule has 2 heterocycles. The number of aryl methyl sites for hydroxylation is 2. The van der Waals surface area contributed by atoms with Crippen LogP contribution in [-0.4, -0.2) is 45.7 Å². The summed E-state index contributed by atoms with van der Waals surface area (Å²) in [6, 6.07) is 8.91. The van der Waals surface area contributed by atoms with E-state index >= 15 is 0 Å². The molecule has 1 aliphatic rings. The molecule has 0 aliphatic carbocycles. The van der Waals surface area contributed by atoms with Crippen molar-refractivity contribution < 1.29 is 24.0 Å². The van der Waals surface area contributed by atoms with Crippen LogP contribution in [0.4, 0.5) is 0 Å². The van der Waals surface area contributed by atoms with E-state index < -0.39 is 11.6 Å². The van der Waals surface area contributed by atoms with Gasteiger partial charge in [0.25, 0.3) is 0 Å². The molecule has 1 fully saturated rings. The van der Waals surface area contributed by atoms with E-state index in [-0.39, 0.29) is 25.2 Å². The lowest BCUT2D eigenvalue weighted by molar-refractivity contribution is -0.161. The van der Waals surface area contributed by atoms with E-state index in [0.29, 0.717) is 30.3 Å². The van der Waals surface area contributed by atoms with Crippen LogP contribution in [0.2, 0.25) is 0 Å². The number of nitrogens with zero attached hydrogens (tertiary/aromatic N) is 2. The number of rotatable bonds is 5. The first-order valence-corrected chi connectivity index (χ1v) is 8.58. The average Bonchev–Trinajstić information content (AvgIpc) is 2.95. The summed E-state index contributed by atoms with van der Waals surface area (Å²) in [5.74, 6) is 0.0998. The van der Waals surface area contributed by atoms with Crippen molar-refractivity contribution in [2.75, 3.05) is 13.1 Å². The number of carboxylic acid groups (broad SMARTS) is 1. The van der Waals surface area contributed by atoms with E-state index in [1.54, 1.807) is 43.0 Å². The molecule has 26 heavy (non-hydrogen) atoms. The van der Waals surface area contributed by atoms with Gasteiger partial charge in [0.05, 0.1) is 12.1 Å². The van der Waals surface area contributed by atoms with Crippen LogP contribution < -0.4 is 4.74 Å². The third-order valence-corrected chi connectivity index (χ3v) is 4.88. The maximum absolute atomic E-state index is 12.6. The van der Waals surface area contributed by atoms with E-state index in [4.69, 9.17) is 9.26 Å².